The van der Waals surface area contributed by atoms with Crippen LogP contribution in [0.25, 0.3) is 0 Å². The molecule has 1 saturated heterocycles. The second kappa shape index (κ2) is 10.9. The maximum absolute atomic E-state index is 12.8. The third kappa shape index (κ3) is 5.97. The number of likely N-dealkylation sites (N-methyl/N-ethyl adjacent to an activating group) is 2. The zero-order chi connectivity index (χ0) is 24.1. The summed E-state index contributed by atoms with van der Waals surface area (Å²) in [4.78, 5) is 18.8. The third-order valence-corrected chi connectivity index (χ3v) is 6.99. The standard InChI is InChI=1S/C26H38N4O3/c1-18-15-23(19(2)20(3)26(18)27)33-17-25(32)29(5)22-11-13-30(14-12-22)16-24(31)28(4)21-9-7-6-8-10-21/h6-10,15,22,24,31H,11-14,16-17,27H2,1-5H3. The number of likely N-dealkylation sites (tertiary alicyclic amines) is 1. The predicted octanol–water partition coefficient (Wildman–Crippen LogP) is 2.95. The fourth-order valence-corrected chi connectivity index (χ4v) is 4.34. The summed E-state index contributed by atoms with van der Waals surface area (Å²) in [7, 11) is 3.77. The summed E-state index contributed by atoms with van der Waals surface area (Å²) >= 11 is 0. The van der Waals surface area contributed by atoms with Crippen molar-refractivity contribution in [2.75, 3.05) is 51.0 Å². The van der Waals surface area contributed by atoms with Gasteiger partial charge in [-0.2, -0.15) is 0 Å². The van der Waals surface area contributed by atoms with E-state index in [2.05, 4.69) is 4.90 Å². The number of benzene rings is 2. The number of para-hydroxylation sites is 1. The Hall–Kier alpha value is -2.77. The van der Waals surface area contributed by atoms with Crippen LogP contribution in [0.3, 0.4) is 0 Å². The van der Waals surface area contributed by atoms with Crippen LogP contribution >= 0.6 is 0 Å². The molecular weight excluding hydrogens is 416 g/mol. The molecule has 1 unspecified atom stereocenters. The third-order valence-electron chi connectivity index (χ3n) is 6.99. The van der Waals surface area contributed by atoms with Crippen molar-refractivity contribution in [3.05, 3.63) is 53.1 Å². The van der Waals surface area contributed by atoms with Crippen molar-refractivity contribution in [2.45, 2.75) is 45.9 Å². The number of nitrogen functional groups attached to an aromatic ring is 1. The Kier molecular flexibility index (Phi) is 8.21. The van der Waals surface area contributed by atoms with Crippen LogP contribution in [-0.4, -0.2) is 73.4 Å². The Morgan fingerprint density at radius 3 is 2.42 bits per heavy atom. The van der Waals surface area contributed by atoms with E-state index in [0.29, 0.717) is 12.3 Å². The summed E-state index contributed by atoms with van der Waals surface area (Å²) in [6.45, 7) is 8.17. The van der Waals surface area contributed by atoms with Crippen molar-refractivity contribution < 1.29 is 14.6 Å². The van der Waals surface area contributed by atoms with Crippen LogP contribution in [0.2, 0.25) is 0 Å². The Bertz CT molecular complexity index is 942. The lowest BCUT2D eigenvalue weighted by Crippen LogP contribution is -2.50. The first-order valence-electron chi connectivity index (χ1n) is 11.6. The molecule has 0 bridgehead atoms. The van der Waals surface area contributed by atoms with Gasteiger partial charge >= 0.3 is 0 Å². The molecule has 1 aliphatic heterocycles. The van der Waals surface area contributed by atoms with Crippen molar-refractivity contribution in [1.82, 2.24) is 9.80 Å². The molecule has 1 amide bonds. The Labute approximate surface area is 197 Å². The second-order valence-corrected chi connectivity index (χ2v) is 9.11. The number of hydrogen-bond acceptors (Lipinski definition) is 6. The van der Waals surface area contributed by atoms with E-state index in [1.165, 1.54) is 0 Å². The van der Waals surface area contributed by atoms with Gasteiger partial charge in [-0.1, -0.05) is 18.2 Å². The van der Waals surface area contributed by atoms with Gasteiger partial charge in [-0.15, -0.1) is 0 Å². The highest BCUT2D eigenvalue weighted by Gasteiger charge is 2.27. The summed E-state index contributed by atoms with van der Waals surface area (Å²) in [6.07, 6.45) is 1.18. The summed E-state index contributed by atoms with van der Waals surface area (Å²) < 4.78 is 5.87. The van der Waals surface area contributed by atoms with Crippen LogP contribution < -0.4 is 15.4 Å². The first-order chi connectivity index (χ1) is 15.7. The number of amides is 1. The number of ether oxygens (including phenoxy) is 1. The topological polar surface area (TPSA) is 82.3 Å². The molecule has 7 nitrogen and oxygen atoms in total. The average Bonchev–Trinajstić information content (AvgIpc) is 2.84. The van der Waals surface area contributed by atoms with Gasteiger partial charge in [0.05, 0.1) is 0 Å². The molecule has 3 N–H and O–H groups in total. The molecule has 180 valence electrons. The largest absolute Gasteiger partial charge is 0.483 e. The molecule has 7 heteroatoms. The van der Waals surface area contributed by atoms with Gasteiger partial charge in [-0.25, -0.2) is 0 Å². The van der Waals surface area contributed by atoms with Gasteiger partial charge < -0.3 is 25.4 Å². The van der Waals surface area contributed by atoms with Crippen molar-refractivity contribution in [3.63, 3.8) is 0 Å². The molecule has 2 aromatic carbocycles. The minimum atomic E-state index is -0.577. The number of aryl methyl sites for hydroxylation is 1. The van der Waals surface area contributed by atoms with Crippen molar-refractivity contribution in [3.8, 4) is 5.75 Å². The molecule has 1 atom stereocenters. The van der Waals surface area contributed by atoms with Crippen LogP contribution in [-0.2, 0) is 4.79 Å². The summed E-state index contributed by atoms with van der Waals surface area (Å²) in [5, 5.41) is 10.6. The lowest BCUT2D eigenvalue weighted by atomic mass is 10.0. The molecule has 1 fully saturated rings. The molecule has 0 spiro atoms. The molecule has 0 saturated carbocycles. The van der Waals surface area contributed by atoms with E-state index in [1.807, 2.05) is 81.1 Å². The number of piperidine rings is 1. The zero-order valence-corrected chi connectivity index (χ0v) is 20.5. The van der Waals surface area contributed by atoms with E-state index >= 15 is 0 Å². The molecule has 1 heterocycles. The number of anilines is 2. The van der Waals surface area contributed by atoms with Crippen LogP contribution in [0.4, 0.5) is 11.4 Å². The number of aliphatic hydroxyl groups is 1. The van der Waals surface area contributed by atoms with Crippen molar-refractivity contribution >= 4 is 17.3 Å². The van der Waals surface area contributed by atoms with Gasteiger partial charge in [0.15, 0.2) is 6.61 Å². The number of carbonyl (C=O) groups is 1. The normalized spacial score (nSPS) is 15.8. The zero-order valence-electron chi connectivity index (χ0n) is 20.5. The van der Waals surface area contributed by atoms with Crippen molar-refractivity contribution in [1.29, 1.82) is 0 Å². The van der Waals surface area contributed by atoms with Gasteiger partial charge in [-0.05, 0) is 68.5 Å². The average molecular weight is 455 g/mol. The smallest absolute Gasteiger partial charge is 0.260 e. The number of β-amino-alcohol motifs (C(OH)–C–C–N with tert-alkyl or cyclic N) is 1. The number of nitrogens with two attached hydrogens (primary N) is 1. The summed E-state index contributed by atoms with van der Waals surface area (Å²) in [5.74, 6) is 0.691. The van der Waals surface area contributed by atoms with Crippen LogP contribution in [0.5, 0.6) is 5.75 Å². The van der Waals surface area contributed by atoms with Gasteiger partial charge in [0, 0.05) is 51.1 Å². The highest BCUT2D eigenvalue weighted by Crippen LogP contribution is 2.29. The first kappa shape index (κ1) is 24.9. The van der Waals surface area contributed by atoms with Crippen LogP contribution in [0, 0.1) is 20.8 Å². The lowest BCUT2D eigenvalue weighted by Gasteiger charge is -2.38. The maximum atomic E-state index is 12.8. The van der Waals surface area contributed by atoms with Gasteiger partial charge in [0.2, 0.25) is 0 Å². The minimum absolute atomic E-state index is 0.0148. The molecule has 1 aliphatic rings. The Balaban J connectivity index is 1.47. The minimum Gasteiger partial charge on any atom is -0.483 e. The van der Waals surface area contributed by atoms with Gasteiger partial charge in [-0.3, -0.25) is 9.69 Å². The summed E-state index contributed by atoms with van der Waals surface area (Å²) in [5.41, 5.74) is 10.8. The Morgan fingerprint density at radius 2 is 1.79 bits per heavy atom. The van der Waals surface area contributed by atoms with E-state index in [4.69, 9.17) is 10.5 Å². The number of aliphatic hydroxyl groups excluding tert-OH is 1. The molecule has 33 heavy (non-hydrogen) atoms. The van der Waals surface area contributed by atoms with E-state index in [0.717, 1.165) is 54.0 Å². The van der Waals surface area contributed by atoms with Crippen molar-refractivity contribution in [2.24, 2.45) is 0 Å². The van der Waals surface area contributed by atoms with Gasteiger partial charge in [0.1, 0.15) is 12.0 Å². The molecule has 0 radical (unpaired) electrons. The van der Waals surface area contributed by atoms with Crippen LogP contribution in [0.15, 0.2) is 36.4 Å². The number of rotatable bonds is 8. The SMILES string of the molecule is Cc1cc(OCC(=O)N(C)C2CCN(CC(O)N(C)c3ccccc3)CC2)c(C)c(C)c1N. The highest BCUT2D eigenvalue weighted by molar-refractivity contribution is 5.78. The van der Waals surface area contributed by atoms with E-state index in [1.54, 1.807) is 0 Å². The summed E-state index contributed by atoms with van der Waals surface area (Å²) in [6, 6.07) is 12.0. The van der Waals surface area contributed by atoms with E-state index < -0.39 is 6.23 Å². The van der Waals surface area contributed by atoms with E-state index in [-0.39, 0.29) is 18.6 Å². The number of carbonyl (C=O) groups excluding carboxylic acids is 1. The quantitative estimate of drug-likeness (QED) is 0.471. The molecule has 0 aliphatic carbocycles. The Morgan fingerprint density at radius 1 is 1.15 bits per heavy atom. The molecule has 3 rings (SSSR count). The first-order valence-corrected chi connectivity index (χ1v) is 11.6. The second-order valence-electron chi connectivity index (χ2n) is 9.11. The molecule has 2 aromatic rings. The van der Waals surface area contributed by atoms with Crippen LogP contribution in [0.1, 0.15) is 29.5 Å². The fourth-order valence-electron chi connectivity index (χ4n) is 4.34. The molecular formula is C26H38N4O3. The molecule has 0 aromatic heterocycles. The maximum Gasteiger partial charge on any atom is 0.260 e. The van der Waals surface area contributed by atoms with Gasteiger partial charge in [0.25, 0.3) is 5.91 Å². The highest BCUT2D eigenvalue weighted by atomic mass is 16.5. The number of hydrogen-bond donors (Lipinski definition) is 2. The predicted molar refractivity (Wildman–Crippen MR) is 134 cm³/mol. The monoisotopic (exact) mass is 454 g/mol. The lowest BCUT2D eigenvalue weighted by molar-refractivity contribution is -0.135. The fraction of sp³-hybridized carbons (Fsp3) is 0.500. The number of nitrogens with zero attached hydrogens (tertiary/aromatic N) is 3. The van der Waals surface area contributed by atoms with E-state index in [9.17, 15) is 9.90 Å².